The van der Waals surface area contributed by atoms with Crippen molar-refractivity contribution >= 4 is 34.6 Å². The summed E-state index contributed by atoms with van der Waals surface area (Å²) in [6, 6.07) is 3.36. The van der Waals surface area contributed by atoms with E-state index in [1.54, 1.807) is 6.20 Å². The first-order valence-electron chi connectivity index (χ1n) is 12.5. The number of carboxylic acids is 1. The number of carbonyl (C=O) groups excluding carboxylic acids is 3. The summed E-state index contributed by atoms with van der Waals surface area (Å²) in [4.78, 5) is 60.7. The molecule has 0 saturated heterocycles. The van der Waals surface area contributed by atoms with E-state index >= 15 is 0 Å². The van der Waals surface area contributed by atoms with Crippen molar-refractivity contribution in [2.75, 3.05) is 0 Å². The zero-order chi connectivity index (χ0) is 27.8. The number of aromatic amines is 2. The minimum atomic E-state index is -1.22. The molecule has 38 heavy (non-hydrogen) atoms. The molecule has 0 aliphatic heterocycles. The molecule has 2 heterocycles. The van der Waals surface area contributed by atoms with Crippen LogP contribution in [0.15, 0.2) is 43.0 Å². The van der Waals surface area contributed by atoms with Crippen LogP contribution in [0, 0.1) is 5.92 Å². The Labute approximate surface area is 220 Å². The quantitative estimate of drug-likeness (QED) is 0.170. The summed E-state index contributed by atoms with van der Waals surface area (Å²) in [5, 5.41) is 18.6. The van der Waals surface area contributed by atoms with Crippen LogP contribution >= 0.6 is 0 Å². The van der Waals surface area contributed by atoms with Crippen LogP contribution < -0.4 is 21.7 Å². The average Bonchev–Trinajstić information content (AvgIpc) is 3.52. The van der Waals surface area contributed by atoms with Gasteiger partial charge in [-0.05, 0) is 30.9 Å². The lowest BCUT2D eigenvalue weighted by Gasteiger charge is -2.25. The van der Waals surface area contributed by atoms with Crippen molar-refractivity contribution in [3.05, 3.63) is 54.2 Å². The summed E-state index contributed by atoms with van der Waals surface area (Å²) >= 11 is 0. The molecule has 0 radical (unpaired) electrons. The normalized spacial score (nSPS) is 14.4. The summed E-state index contributed by atoms with van der Waals surface area (Å²) in [7, 11) is 0. The predicted molar refractivity (Wildman–Crippen MR) is 141 cm³/mol. The van der Waals surface area contributed by atoms with Crippen molar-refractivity contribution in [2.45, 2.75) is 64.2 Å². The van der Waals surface area contributed by atoms with Crippen molar-refractivity contribution in [1.29, 1.82) is 0 Å². The SMILES string of the molecule is CC(C)CC(NC(=O)C(Cc1cnc[nH]1)NC(=O)C(C)N)C(=O)NC(Cc1c[nH]c2ccccc12)C(=O)O. The highest BCUT2D eigenvalue weighted by molar-refractivity contribution is 5.94. The predicted octanol–water partition coefficient (Wildman–Crippen LogP) is 0.609. The Morgan fingerprint density at radius 1 is 0.921 bits per heavy atom. The second-order valence-corrected chi connectivity index (χ2v) is 9.78. The van der Waals surface area contributed by atoms with Gasteiger partial charge in [-0.2, -0.15) is 0 Å². The third kappa shape index (κ3) is 7.65. The number of imidazole rings is 1. The fraction of sp³-hybridized carbons (Fsp3) is 0.423. The smallest absolute Gasteiger partial charge is 0.326 e. The van der Waals surface area contributed by atoms with Gasteiger partial charge in [0.1, 0.15) is 18.1 Å². The molecule has 204 valence electrons. The number of amides is 3. The number of para-hydroxylation sites is 1. The molecule has 0 aliphatic carbocycles. The number of nitrogens with zero attached hydrogens (tertiary/aromatic N) is 1. The van der Waals surface area contributed by atoms with E-state index in [1.807, 2.05) is 38.1 Å². The minimum absolute atomic E-state index is 0.00709. The number of nitrogens with two attached hydrogens (primary N) is 1. The number of rotatable bonds is 13. The average molecular weight is 526 g/mol. The highest BCUT2D eigenvalue weighted by Crippen LogP contribution is 2.19. The third-order valence-corrected chi connectivity index (χ3v) is 6.08. The maximum absolute atomic E-state index is 13.3. The number of hydrogen-bond donors (Lipinski definition) is 7. The number of carbonyl (C=O) groups is 4. The first kappa shape index (κ1) is 28.4. The number of fused-ring (bicyclic) bond motifs is 1. The molecule has 8 N–H and O–H groups in total. The molecule has 4 atom stereocenters. The van der Waals surface area contributed by atoms with Crippen LogP contribution in [0.1, 0.15) is 38.4 Å². The number of nitrogens with one attached hydrogen (secondary N) is 5. The lowest BCUT2D eigenvalue weighted by molar-refractivity contribution is -0.142. The number of benzene rings is 1. The number of aliphatic carboxylic acids is 1. The van der Waals surface area contributed by atoms with Gasteiger partial charge in [0.25, 0.3) is 0 Å². The molecule has 12 nitrogen and oxygen atoms in total. The zero-order valence-electron chi connectivity index (χ0n) is 21.7. The molecular weight excluding hydrogens is 490 g/mol. The molecule has 3 amide bonds. The number of H-pyrrole nitrogens is 2. The van der Waals surface area contributed by atoms with Gasteiger partial charge in [-0.15, -0.1) is 0 Å². The highest BCUT2D eigenvalue weighted by Gasteiger charge is 2.31. The first-order chi connectivity index (χ1) is 18.0. The summed E-state index contributed by atoms with van der Waals surface area (Å²) in [6.45, 7) is 5.26. The third-order valence-electron chi connectivity index (χ3n) is 6.08. The Bertz CT molecular complexity index is 1250. The Kier molecular flexibility index (Phi) is 9.61. The molecule has 0 bridgehead atoms. The van der Waals surface area contributed by atoms with E-state index in [-0.39, 0.29) is 25.2 Å². The molecule has 0 aliphatic rings. The van der Waals surface area contributed by atoms with Gasteiger partial charge < -0.3 is 36.8 Å². The standard InChI is InChI=1S/C26H35N7O5/c1-14(2)8-20(32-25(36)21(31-23(34)15(3)27)10-17-12-28-13-30-17)24(35)33-22(26(37)38)9-16-11-29-19-7-5-4-6-18(16)19/h4-7,11-15,20-22,29H,8-10,27H2,1-3H3,(H,28,30)(H,31,34)(H,32,36)(H,33,35)(H,37,38). The topological polar surface area (TPSA) is 195 Å². The highest BCUT2D eigenvalue weighted by atomic mass is 16.4. The molecule has 3 rings (SSSR count). The van der Waals surface area contributed by atoms with Gasteiger partial charge in [-0.25, -0.2) is 9.78 Å². The number of aromatic nitrogens is 3. The second kappa shape index (κ2) is 12.9. The summed E-state index contributed by atoms with van der Waals surface area (Å²) in [6.07, 6.45) is 5.11. The van der Waals surface area contributed by atoms with Crippen LogP contribution in [0.4, 0.5) is 0 Å². The van der Waals surface area contributed by atoms with Gasteiger partial charge in [0.05, 0.1) is 12.4 Å². The van der Waals surface area contributed by atoms with E-state index in [4.69, 9.17) is 5.73 Å². The van der Waals surface area contributed by atoms with E-state index in [1.165, 1.54) is 19.4 Å². The van der Waals surface area contributed by atoms with Crippen LogP contribution in [0.3, 0.4) is 0 Å². The van der Waals surface area contributed by atoms with Crippen molar-refractivity contribution < 1.29 is 24.3 Å². The molecule has 12 heteroatoms. The molecule has 4 unspecified atom stereocenters. The number of carboxylic acid groups (broad SMARTS) is 1. The minimum Gasteiger partial charge on any atom is -0.480 e. The monoisotopic (exact) mass is 525 g/mol. The lowest BCUT2D eigenvalue weighted by Crippen LogP contribution is -2.57. The molecule has 1 aromatic carbocycles. The Morgan fingerprint density at radius 3 is 2.21 bits per heavy atom. The van der Waals surface area contributed by atoms with E-state index < -0.39 is 47.9 Å². The lowest BCUT2D eigenvalue weighted by atomic mass is 10.0. The molecule has 2 aromatic heterocycles. The molecule has 0 fully saturated rings. The Balaban J connectivity index is 1.75. The van der Waals surface area contributed by atoms with Gasteiger partial charge in [-0.1, -0.05) is 32.0 Å². The van der Waals surface area contributed by atoms with Crippen molar-refractivity contribution in [3.63, 3.8) is 0 Å². The van der Waals surface area contributed by atoms with E-state index in [0.717, 1.165) is 16.5 Å². The molecular formula is C26H35N7O5. The maximum atomic E-state index is 13.3. The van der Waals surface area contributed by atoms with Crippen LogP contribution in [0.2, 0.25) is 0 Å². The van der Waals surface area contributed by atoms with E-state index in [0.29, 0.717) is 5.69 Å². The van der Waals surface area contributed by atoms with Gasteiger partial charge in [0.15, 0.2) is 0 Å². The van der Waals surface area contributed by atoms with Crippen LogP contribution in [-0.4, -0.2) is 67.9 Å². The Morgan fingerprint density at radius 2 is 1.58 bits per heavy atom. The fourth-order valence-corrected chi connectivity index (χ4v) is 4.10. The van der Waals surface area contributed by atoms with Crippen LogP contribution in [0.5, 0.6) is 0 Å². The zero-order valence-corrected chi connectivity index (χ0v) is 21.7. The summed E-state index contributed by atoms with van der Waals surface area (Å²) in [5.74, 6) is -2.94. The first-order valence-corrected chi connectivity index (χ1v) is 12.5. The molecule has 3 aromatic rings. The van der Waals surface area contributed by atoms with Crippen molar-refractivity contribution in [1.82, 2.24) is 30.9 Å². The Hall–Kier alpha value is -4.19. The van der Waals surface area contributed by atoms with Crippen molar-refractivity contribution in [3.8, 4) is 0 Å². The van der Waals surface area contributed by atoms with Crippen molar-refractivity contribution in [2.24, 2.45) is 11.7 Å². The van der Waals surface area contributed by atoms with Crippen LogP contribution in [0.25, 0.3) is 10.9 Å². The van der Waals surface area contributed by atoms with Gasteiger partial charge in [-0.3, -0.25) is 14.4 Å². The van der Waals surface area contributed by atoms with E-state index in [9.17, 15) is 24.3 Å². The molecule has 0 spiro atoms. The summed E-state index contributed by atoms with van der Waals surface area (Å²) in [5.41, 5.74) is 7.87. The largest absolute Gasteiger partial charge is 0.480 e. The maximum Gasteiger partial charge on any atom is 0.326 e. The molecule has 0 saturated carbocycles. The fourth-order valence-electron chi connectivity index (χ4n) is 4.10. The number of hydrogen-bond acceptors (Lipinski definition) is 6. The summed E-state index contributed by atoms with van der Waals surface area (Å²) < 4.78 is 0. The van der Waals surface area contributed by atoms with Crippen LogP contribution in [-0.2, 0) is 32.0 Å². The van der Waals surface area contributed by atoms with E-state index in [2.05, 4.69) is 30.9 Å². The van der Waals surface area contributed by atoms with Gasteiger partial charge in [0.2, 0.25) is 17.7 Å². The second-order valence-electron chi connectivity index (χ2n) is 9.78. The van der Waals surface area contributed by atoms with Gasteiger partial charge in [0, 0.05) is 41.8 Å². The van der Waals surface area contributed by atoms with Gasteiger partial charge >= 0.3 is 5.97 Å².